The van der Waals surface area contributed by atoms with Gasteiger partial charge in [0.15, 0.2) is 0 Å². The summed E-state index contributed by atoms with van der Waals surface area (Å²) in [7, 11) is 2.01. The summed E-state index contributed by atoms with van der Waals surface area (Å²) < 4.78 is 2.07. The predicted molar refractivity (Wildman–Crippen MR) is 66.9 cm³/mol. The SMILES string of the molecule is Cc1cnc(N(C)CCCn2ccnc2)nc1. The van der Waals surface area contributed by atoms with Gasteiger partial charge in [0.1, 0.15) is 0 Å². The van der Waals surface area contributed by atoms with Gasteiger partial charge in [-0.25, -0.2) is 15.0 Å². The summed E-state index contributed by atoms with van der Waals surface area (Å²) in [6.45, 7) is 3.89. The van der Waals surface area contributed by atoms with Crippen molar-refractivity contribution in [2.45, 2.75) is 19.9 Å². The number of hydrogen-bond donors (Lipinski definition) is 0. The molecule has 0 radical (unpaired) electrons. The van der Waals surface area contributed by atoms with E-state index in [4.69, 9.17) is 0 Å². The van der Waals surface area contributed by atoms with Crippen LogP contribution in [-0.4, -0.2) is 33.1 Å². The van der Waals surface area contributed by atoms with E-state index in [2.05, 4.69) is 24.4 Å². The Morgan fingerprint density at radius 3 is 2.71 bits per heavy atom. The molecule has 2 heterocycles. The van der Waals surface area contributed by atoms with E-state index in [1.165, 1.54) is 0 Å². The minimum absolute atomic E-state index is 0.779. The maximum absolute atomic E-state index is 4.29. The van der Waals surface area contributed by atoms with Crippen LogP contribution in [0.25, 0.3) is 0 Å². The third kappa shape index (κ3) is 3.27. The first kappa shape index (κ1) is 11.6. The van der Waals surface area contributed by atoms with Crippen molar-refractivity contribution in [3.05, 3.63) is 36.7 Å². The number of hydrogen-bond acceptors (Lipinski definition) is 4. The topological polar surface area (TPSA) is 46.8 Å². The molecule has 0 unspecified atom stereocenters. The lowest BCUT2D eigenvalue weighted by molar-refractivity contribution is 0.633. The Kier molecular flexibility index (Phi) is 3.69. The fourth-order valence-electron chi connectivity index (χ4n) is 1.59. The molecule has 0 aromatic carbocycles. The van der Waals surface area contributed by atoms with Gasteiger partial charge in [-0.2, -0.15) is 0 Å². The number of aryl methyl sites for hydroxylation is 2. The summed E-state index contributed by atoms with van der Waals surface area (Å²) in [5.74, 6) is 0.779. The zero-order valence-corrected chi connectivity index (χ0v) is 10.2. The normalized spacial score (nSPS) is 10.5. The van der Waals surface area contributed by atoms with Gasteiger partial charge in [0, 0.05) is 44.9 Å². The summed E-state index contributed by atoms with van der Waals surface area (Å²) in [5.41, 5.74) is 1.08. The van der Waals surface area contributed by atoms with E-state index in [0.29, 0.717) is 0 Å². The zero-order chi connectivity index (χ0) is 12.1. The van der Waals surface area contributed by atoms with Gasteiger partial charge in [-0.3, -0.25) is 0 Å². The fraction of sp³-hybridized carbons (Fsp3) is 0.417. The highest BCUT2D eigenvalue weighted by Crippen LogP contribution is 2.05. The molecule has 0 amide bonds. The zero-order valence-electron chi connectivity index (χ0n) is 10.2. The van der Waals surface area contributed by atoms with Crippen LogP contribution in [-0.2, 0) is 6.54 Å². The molecule has 5 heteroatoms. The largest absolute Gasteiger partial charge is 0.344 e. The van der Waals surface area contributed by atoms with Gasteiger partial charge < -0.3 is 9.47 Å². The van der Waals surface area contributed by atoms with Gasteiger partial charge in [0.25, 0.3) is 0 Å². The molecule has 0 aliphatic carbocycles. The molecular weight excluding hydrogens is 214 g/mol. The molecule has 2 aromatic rings. The molecule has 0 bridgehead atoms. The number of rotatable bonds is 5. The van der Waals surface area contributed by atoms with Crippen molar-refractivity contribution in [2.24, 2.45) is 0 Å². The average molecular weight is 231 g/mol. The van der Waals surface area contributed by atoms with E-state index in [1.807, 2.05) is 38.9 Å². The molecule has 0 fully saturated rings. The molecule has 5 nitrogen and oxygen atoms in total. The molecule has 0 aliphatic rings. The van der Waals surface area contributed by atoms with Crippen molar-refractivity contribution in [3.8, 4) is 0 Å². The van der Waals surface area contributed by atoms with Gasteiger partial charge in [0.05, 0.1) is 6.33 Å². The predicted octanol–water partition coefficient (Wildman–Crippen LogP) is 1.51. The minimum atomic E-state index is 0.779. The summed E-state index contributed by atoms with van der Waals surface area (Å²) in [4.78, 5) is 14.7. The lowest BCUT2D eigenvalue weighted by Crippen LogP contribution is -2.22. The van der Waals surface area contributed by atoms with Crippen LogP contribution < -0.4 is 4.90 Å². The van der Waals surface area contributed by atoms with E-state index in [0.717, 1.165) is 31.0 Å². The molecule has 0 N–H and O–H groups in total. The quantitative estimate of drug-likeness (QED) is 0.782. The number of aromatic nitrogens is 4. The van der Waals surface area contributed by atoms with Gasteiger partial charge in [0.2, 0.25) is 5.95 Å². The Morgan fingerprint density at radius 2 is 2.06 bits per heavy atom. The molecule has 2 rings (SSSR count). The number of imidazole rings is 1. The second kappa shape index (κ2) is 5.43. The lowest BCUT2D eigenvalue weighted by Gasteiger charge is -2.16. The molecule has 0 saturated carbocycles. The fourth-order valence-corrected chi connectivity index (χ4v) is 1.59. The second-order valence-electron chi connectivity index (χ2n) is 4.14. The van der Waals surface area contributed by atoms with E-state index in [1.54, 1.807) is 6.20 Å². The van der Waals surface area contributed by atoms with Crippen LogP contribution in [0.5, 0.6) is 0 Å². The average Bonchev–Trinajstić information content (AvgIpc) is 2.83. The van der Waals surface area contributed by atoms with E-state index < -0.39 is 0 Å². The number of anilines is 1. The van der Waals surface area contributed by atoms with Crippen molar-refractivity contribution in [1.82, 2.24) is 19.5 Å². The smallest absolute Gasteiger partial charge is 0.224 e. The van der Waals surface area contributed by atoms with Gasteiger partial charge in [-0.05, 0) is 18.9 Å². The molecule has 0 saturated heterocycles. The maximum Gasteiger partial charge on any atom is 0.224 e. The van der Waals surface area contributed by atoms with Crippen LogP contribution in [0.4, 0.5) is 5.95 Å². The molecule has 0 spiro atoms. The third-order valence-electron chi connectivity index (χ3n) is 2.58. The summed E-state index contributed by atoms with van der Waals surface area (Å²) >= 11 is 0. The van der Waals surface area contributed by atoms with Crippen molar-refractivity contribution < 1.29 is 0 Å². The third-order valence-corrected chi connectivity index (χ3v) is 2.58. The molecule has 90 valence electrons. The highest BCUT2D eigenvalue weighted by Gasteiger charge is 2.02. The van der Waals surface area contributed by atoms with E-state index >= 15 is 0 Å². The number of nitrogens with zero attached hydrogens (tertiary/aromatic N) is 5. The molecule has 2 aromatic heterocycles. The van der Waals surface area contributed by atoms with Crippen molar-refractivity contribution in [1.29, 1.82) is 0 Å². The van der Waals surface area contributed by atoms with Gasteiger partial charge in [-0.1, -0.05) is 0 Å². The second-order valence-corrected chi connectivity index (χ2v) is 4.14. The molecule has 0 atom stereocenters. The van der Waals surface area contributed by atoms with Crippen molar-refractivity contribution in [3.63, 3.8) is 0 Å². The Balaban J connectivity index is 1.81. The van der Waals surface area contributed by atoms with Gasteiger partial charge >= 0.3 is 0 Å². The van der Waals surface area contributed by atoms with Crippen LogP contribution in [0.3, 0.4) is 0 Å². The Morgan fingerprint density at radius 1 is 1.29 bits per heavy atom. The summed E-state index contributed by atoms with van der Waals surface area (Å²) in [6.07, 6.45) is 10.3. The van der Waals surface area contributed by atoms with Crippen LogP contribution in [0.1, 0.15) is 12.0 Å². The van der Waals surface area contributed by atoms with Crippen molar-refractivity contribution in [2.75, 3.05) is 18.5 Å². The summed E-state index contributed by atoms with van der Waals surface area (Å²) in [6, 6.07) is 0. The standard InChI is InChI=1S/C12H17N5/c1-11-8-14-12(15-9-11)16(2)5-3-6-17-7-4-13-10-17/h4,7-10H,3,5-6H2,1-2H3. The Bertz CT molecular complexity index is 434. The lowest BCUT2D eigenvalue weighted by atomic mass is 10.4. The Hall–Kier alpha value is -1.91. The highest BCUT2D eigenvalue weighted by atomic mass is 15.2. The minimum Gasteiger partial charge on any atom is -0.344 e. The Labute approximate surface area is 101 Å². The van der Waals surface area contributed by atoms with E-state index in [9.17, 15) is 0 Å². The van der Waals surface area contributed by atoms with Crippen LogP contribution >= 0.6 is 0 Å². The first-order valence-corrected chi connectivity index (χ1v) is 5.71. The van der Waals surface area contributed by atoms with Crippen molar-refractivity contribution >= 4 is 5.95 Å². The van der Waals surface area contributed by atoms with Crippen LogP contribution in [0, 0.1) is 6.92 Å². The maximum atomic E-state index is 4.29. The molecule has 0 aliphatic heterocycles. The van der Waals surface area contributed by atoms with Crippen LogP contribution in [0.2, 0.25) is 0 Å². The summed E-state index contributed by atoms with van der Waals surface area (Å²) in [5, 5.41) is 0. The first-order chi connectivity index (χ1) is 8.25. The van der Waals surface area contributed by atoms with E-state index in [-0.39, 0.29) is 0 Å². The monoisotopic (exact) mass is 231 g/mol. The molecular formula is C12H17N5. The first-order valence-electron chi connectivity index (χ1n) is 5.71. The van der Waals surface area contributed by atoms with Crippen LogP contribution in [0.15, 0.2) is 31.1 Å². The van der Waals surface area contributed by atoms with Gasteiger partial charge in [-0.15, -0.1) is 0 Å². The highest BCUT2D eigenvalue weighted by molar-refractivity contribution is 5.27. The molecule has 17 heavy (non-hydrogen) atoms.